The van der Waals surface area contributed by atoms with Crippen LogP contribution in [0.2, 0.25) is 0 Å². The Balaban J connectivity index is 2.03. The number of alkyl halides is 3. The van der Waals surface area contributed by atoms with Crippen LogP contribution in [-0.2, 0) is 11.3 Å². The second-order valence-electron chi connectivity index (χ2n) is 3.49. The number of halogens is 3. The van der Waals surface area contributed by atoms with Gasteiger partial charge >= 0.3 is 6.18 Å². The first-order valence-corrected chi connectivity index (χ1v) is 5.91. The molecule has 0 amide bonds. The first-order chi connectivity index (χ1) is 7.97. The van der Waals surface area contributed by atoms with Gasteiger partial charge in [-0.1, -0.05) is 6.07 Å². The highest BCUT2D eigenvalue weighted by atomic mass is 32.1. The maximum Gasteiger partial charge on any atom is 0.401 e. The molecule has 0 spiro atoms. The molecule has 0 fully saturated rings. The molecule has 0 saturated carbocycles. The summed E-state index contributed by atoms with van der Waals surface area (Å²) in [7, 11) is 0. The van der Waals surface area contributed by atoms with Gasteiger partial charge in [0, 0.05) is 11.4 Å². The van der Waals surface area contributed by atoms with Crippen LogP contribution in [0, 0.1) is 0 Å². The van der Waals surface area contributed by atoms with Crippen molar-refractivity contribution in [2.24, 2.45) is 0 Å². The molecule has 1 aromatic heterocycles. The lowest BCUT2D eigenvalue weighted by Gasteiger charge is -2.13. The number of nitrogens with one attached hydrogen (secondary N) is 1. The SMILES string of the molecule is OC(CNCC(F)(F)F)COCc1cccs1. The average molecular weight is 269 g/mol. The summed E-state index contributed by atoms with van der Waals surface area (Å²) in [6.45, 7) is -0.851. The monoisotopic (exact) mass is 269 g/mol. The Hall–Kier alpha value is -0.630. The highest BCUT2D eigenvalue weighted by Crippen LogP contribution is 2.12. The van der Waals surface area contributed by atoms with Gasteiger partial charge in [0.25, 0.3) is 0 Å². The predicted molar refractivity (Wildman–Crippen MR) is 58.9 cm³/mol. The lowest BCUT2D eigenvalue weighted by Crippen LogP contribution is -2.36. The third-order valence-electron chi connectivity index (χ3n) is 1.84. The van der Waals surface area contributed by atoms with Crippen molar-refractivity contribution in [3.8, 4) is 0 Å². The Morgan fingerprint density at radius 2 is 2.24 bits per heavy atom. The molecule has 0 aliphatic carbocycles. The molecule has 0 aromatic carbocycles. The lowest BCUT2D eigenvalue weighted by atomic mass is 10.3. The standard InChI is InChI=1S/C10H14F3NO2S/c11-10(12,13)7-14-4-8(15)5-16-6-9-2-1-3-17-9/h1-3,8,14-15H,4-7H2. The summed E-state index contributed by atoms with van der Waals surface area (Å²) in [5, 5.41) is 13.3. The van der Waals surface area contributed by atoms with E-state index in [4.69, 9.17) is 4.74 Å². The predicted octanol–water partition coefficient (Wildman–Crippen LogP) is 1.78. The molecule has 0 aliphatic heterocycles. The quantitative estimate of drug-likeness (QED) is 0.793. The minimum Gasteiger partial charge on any atom is -0.389 e. The number of hydrogen-bond acceptors (Lipinski definition) is 4. The first kappa shape index (κ1) is 14.4. The minimum atomic E-state index is -4.25. The Morgan fingerprint density at radius 1 is 1.47 bits per heavy atom. The second-order valence-corrected chi connectivity index (χ2v) is 4.53. The van der Waals surface area contributed by atoms with Crippen molar-refractivity contribution < 1.29 is 23.0 Å². The molecule has 17 heavy (non-hydrogen) atoms. The van der Waals surface area contributed by atoms with Gasteiger partial charge in [-0.15, -0.1) is 11.3 Å². The molecule has 1 aromatic rings. The van der Waals surface area contributed by atoms with E-state index in [2.05, 4.69) is 5.32 Å². The van der Waals surface area contributed by atoms with Crippen molar-refractivity contribution in [2.45, 2.75) is 18.9 Å². The highest BCUT2D eigenvalue weighted by molar-refractivity contribution is 7.09. The van der Waals surface area contributed by atoms with Gasteiger partial charge in [-0.3, -0.25) is 0 Å². The van der Waals surface area contributed by atoms with Gasteiger partial charge in [0.15, 0.2) is 0 Å². The Bertz CT molecular complexity index is 303. The van der Waals surface area contributed by atoms with Crippen molar-refractivity contribution in [2.75, 3.05) is 19.7 Å². The van der Waals surface area contributed by atoms with E-state index in [0.717, 1.165) is 4.88 Å². The minimum absolute atomic E-state index is 0.0166. The number of ether oxygens (including phenoxy) is 1. The molecule has 98 valence electrons. The summed E-state index contributed by atoms with van der Waals surface area (Å²) in [4.78, 5) is 1.01. The van der Waals surface area contributed by atoms with Gasteiger partial charge < -0.3 is 15.2 Å². The number of rotatable bonds is 7. The van der Waals surface area contributed by atoms with Gasteiger partial charge in [0.05, 0.1) is 25.9 Å². The average Bonchev–Trinajstić information content (AvgIpc) is 2.68. The molecule has 1 unspecified atom stereocenters. The molecule has 0 aliphatic rings. The van der Waals surface area contributed by atoms with E-state index in [1.54, 1.807) is 0 Å². The van der Waals surface area contributed by atoms with Gasteiger partial charge in [-0.05, 0) is 11.4 Å². The van der Waals surface area contributed by atoms with E-state index in [9.17, 15) is 18.3 Å². The Kier molecular flexibility index (Phi) is 5.90. The van der Waals surface area contributed by atoms with E-state index in [0.29, 0.717) is 6.61 Å². The van der Waals surface area contributed by atoms with E-state index in [1.165, 1.54) is 11.3 Å². The van der Waals surface area contributed by atoms with Crippen molar-refractivity contribution >= 4 is 11.3 Å². The summed E-state index contributed by atoms with van der Waals surface area (Å²) in [6, 6.07) is 3.77. The largest absolute Gasteiger partial charge is 0.401 e. The maximum absolute atomic E-state index is 11.8. The Morgan fingerprint density at radius 3 is 2.82 bits per heavy atom. The second kappa shape index (κ2) is 6.95. The van der Waals surface area contributed by atoms with Crippen molar-refractivity contribution in [3.05, 3.63) is 22.4 Å². The van der Waals surface area contributed by atoms with Crippen LogP contribution in [0.15, 0.2) is 17.5 Å². The zero-order chi connectivity index (χ0) is 12.7. The maximum atomic E-state index is 11.8. The number of aliphatic hydroxyl groups excluding tert-OH is 1. The zero-order valence-corrected chi connectivity index (χ0v) is 9.85. The molecule has 0 bridgehead atoms. The van der Waals surface area contributed by atoms with Crippen LogP contribution in [-0.4, -0.2) is 37.1 Å². The molecule has 2 N–H and O–H groups in total. The topological polar surface area (TPSA) is 41.5 Å². The highest BCUT2D eigenvalue weighted by Gasteiger charge is 2.26. The molecule has 1 atom stereocenters. The molecule has 0 saturated heterocycles. The normalized spacial score (nSPS) is 13.9. The fraction of sp³-hybridized carbons (Fsp3) is 0.600. The van der Waals surface area contributed by atoms with Crippen LogP contribution in [0.25, 0.3) is 0 Å². The lowest BCUT2D eigenvalue weighted by molar-refractivity contribution is -0.125. The zero-order valence-electron chi connectivity index (χ0n) is 9.04. The third kappa shape index (κ3) is 7.32. The third-order valence-corrected chi connectivity index (χ3v) is 2.69. The van der Waals surface area contributed by atoms with Gasteiger partial charge in [0.1, 0.15) is 0 Å². The summed E-state index contributed by atoms with van der Waals surface area (Å²) >= 11 is 1.52. The number of hydrogen-bond donors (Lipinski definition) is 2. The number of aliphatic hydroxyl groups is 1. The van der Waals surface area contributed by atoms with E-state index in [-0.39, 0.29) is 13.2 Å². The number of thiophene rings is 1. The van der Waals surface area contributed by atoms with Crippen LogP contribution in [0.3, 0.4) is 0 Å². The van der Waals surface area contributed by atoms with Gasteiger partial charge in [-0.25, -0.2) is 0 Å². The Labute approximate surface area is 101 Å². The van der Waals surface area contributed by atoms with E-state index < -0.39 is 18.8 Å². The summed E-state index contributed by atoms with van der Waals surface area (Å²) < 4.78 is 40.5. The van der Waals surface area contributed by atoms with E-state index >= 15 is 0 Å². The smallest absolute Gasteiger partial charge is 0.389 e. The van der Waals surface area contributed by atoms with Crippen molar-refractivity contribution in [1.29, 1.82) is 0 Å². The van der Waals surface area contributed by atoms with Crippen molar-refractivity contribution in [1.82, 2.24) is 5.32 Å². The molecule has 7 heteroatoms. The molecule has 0 radical (unpaired) electrons. The molecule has 1 heterocycles. The molecular weight excluding hydrogens is 255 g/mol. The van der Waals surface area contributed by atoms with Crippen LogP contribution >= 0.6 is 11.3 Å². The van der Waals surface area contributed by atoms with Crippen molar-refractivity contribution in [3.63, 3.8) is 0 Å². The summed E-state index contributed by atoms with van der Waals surface area (Å²) in [6.07, 6.45) is -5.19. The molecular formula is C10H14F3NO2S. The van der Waals surface area contributed by atoms with Crippen LogP contribution in [0.5, 0.6) is 0 Å². The first-order valence-electron chi connectivity index (χ1n) is 5.03. The van der Waals surface area contributed by atoms with Crippen LogP contribution < -0.4 is 5.32 Å². The fourth-order valence-electron chi connectivity index (χ4n) is 1.13. The summed E-state index contributed by atoms with van der Waals surface area (Å²) in [5.41, 5.74) is 0. The fourth-order valence-corrected chi connectivity index (χ4v) is 1.77. The van der Waals surface area contributed by atoms with Crippen LogP contribution in [0.1, 0.15) is 4.88 Å². The van der Waals surface area contributed by atoms with Gasteiger partial charge in [0.2, 0.25) is 0 Å². The molecule has 1 rings (SSSR count). The summed E-state index contributed by atoms with van der Waals surface area (Å²) in [5.74, 6) is 0. The van der Waals surface area contributed by atoms with Crippen LogP contribution in [0.4, 0.5) is 13.2 Å². The van der Waals surface area contributed by atoms with Gasteiger partial charge in [-0.2, -0.15) is 13.2 Å². The van der Waals surface area contributed by atoms with E-state index in [1.807, 2.05) is 17.5 Å². The molecule has 3 nitrogen and oxygen atoms in total.